The van der Waals surface area contributed by atoms with Crippen molar-refractivity contribution in [3.05, 3.63) is 16.1 Å². The number of hydrogen-bond donors (Lipinski definition) is 1. The molecule has 0 radical (unpaired) electrons. The third-order valence-electron chi connectivity index (χ3n) is 3.53. The lowest BCUT2D eigenvalue weighted by Crippen LogP contribution is -2.39. The molecule has 0 amide bonds. The second-order valence-corrected chi connectivity index (χ2v) is 6.64. The summed E-state index contributed by atoms with van der Waals surface area (Å²) in [7, 11) is 0. The molecule has 84 valence electrons. The third kappa shape index (κ3) is 1.83. The summed E-state index contributed by atoms with van der Waals surface area (Å²) in [5.41, 5.74) is 7.82. The Labute approximate surface area is 95.9 Å². The Hall–Kier alpha value is -0.410. The SMILES string of the molecule is Cc1csc(C2(N)CC(C)(C)CC2C)n1. The van der Waals surface area contributed by atoms with Crippen LogP contribution in [0.3, 0.4) is 0 Å². The van der Waals surface area contributed by atoms with E-state index in [4.69, 9.17) is 5.73 Å². The zero-order valence-corrected chi connectivity index (χ0v) is 10.8. The maximum absolute atomic E-state index is 6.56. The van der Waals surface area contributed by atoms with Gasteiger partial charge in [-0.3, -0.25) is 0 Å². The lowest BCUT2D eigenvalue weighted by atomic mass is 9.88. The molecule has 2 nitrogen and oxygen atoms in total. The highest BCUT2D eigenvalue weighted by atomic mass is 32.1. The molecule has 0 saturated heterocycles. The highest BCUT2D eigenvalue weighted by Gasteiger charge is 2.48. The summed E-state index contributed by atoms with van der Waals surface area (Å²) in [4.78, 5) is 4.57. The van der Waals surface area contributed by atoms with Gasteiger partial charge in [-0.1, -0.05) is 20.8 Å². The highest BCUT2D eigenvalue weighted by Crippen LogP contribution is 2.51. The molecule has 1 saturated carbocycles. The van der Waals surface area contributed by atoms with E-state index in [2.05, 4.69) is 31.1 Å². The van der Waals surface area contributed by atoms with Crippen LogP contribution in [0.2, 0.25) is 0 Å². The van der Waals surface area contributed by atoms with Crippen molar-refractivity contribution in [1.29, 1.82) is 0 Å². The van der Waals surface area contributed by atoms with Crippen LogP contribution < -0.4 is 5.73 Å². The Balaban J connectivity index is 2.35. The Morgan fingerprint density at radius 2 is 2.20 bits per heavy atom. The van der Waals surface area contributed by atoms with Crippen LogP contribution in [0.15, 0.2) is 5.38 Å². The summed E-state index contributed by atoms with van der Waals surface area (Å²) in [6.45, 7) is 8.90. The van der Waals surface area contributed by atoms with Crippen molar-refractivity contribution < 1.29 is 0 Å². The Kier molecular flexibility index (Phi) is 2.43. The first kappa shape index (κ1) is 11.1. The predicted molar refractivity (Wildman–Crippen MR) is 64.9 cm³/mol. The Bertz CT molecular complexity index is 369. The van der Waals surface area contributed by atoms with E-state index in [0.29, 0.717) is 11.3 Å². The van der Waals surface area contributed by atoms with E-state index in [0.717, 1.165) is 17.1 Å². The number of thiazole rings is 1. The summed E-state index contributed by atoms with van der Waals surface area (Å²) in [6.07, 6.45) is 2.25. The summed E-state index contributed by atoms with van der Waals surface area (Å²) < 4.78 is 0. The summed E-state index contributed by atoms with van der Waals surface area (Å²) in [5.74, 6) is 0.526. The summed E-state index contributed by atoms with van der Waals surface area (Å²) in [5, 5.41) is 3.22. The molecular weight excluding hydrogens is 204 g/mol. The molecule has 1 aromatic heterocycles. The largest absolute Gasteiger partial charge is 0.319 e. The maximum Gasteiger partial charge on any atom is 0.113 e. The smallest absolute Gasteiger partial charge is 0.113 e. The van der Waals surface area contributed by atoms with Gasteiger partial charge in [0, 0.05) is 11.1 Å². The fourth-order valence-electron chi connectivity index (χ4n) is 2.90. The van der Waals surface area contributed by atoms with E-state index in [1.54, 1.807) is 11.3 Å². The average molecular weight is 224 g/mol. The van der Waals surface area contributed by atoms with Crippen molar-refractivity contribution in [3.63, 3.8) is 0 Å². The van der Waals surface area contributed by atoms with Crippen molar-refractivity contribution in [2.24, 2.45) is 17.1 Å². The molecule has 1 aliphatic carbocycles. The van der Waals surface area contributed by atoms with Gasteiger partial charge in [0.15, 0.2) is 0 Å². The van der Waals surface area contributed by atoms with Gasteiger partial charge in [0.2, 0.25) is 0 Å². The number of aromatic nitrogens is 1. The van der Waals surface area contributed by atoms with E-state index < -0.39 is 0 Å². The standard InChI is InChI=1S/C12H20N2S/c1-8-5-11(3,4)7-12(8,13)10-14-9(2)6-15-10/h6,8H,5,7,13H2,1-4H3. The molecule has 1 fully saturated rings. The fraction of sp³-hybridized carbons (Fsp3) is 0.750. The van der Waals surface area contributed by atoms with Crippen molar-refractivity contribution in [3.8, 4) is 0 Å². The molecular formula is C12H20N2S. The van der Waals surface area contributed by atoms with Gasteiger partial charge in [-0.2, -0.15) is 0 Å². The molecule has 0 bridgehead atoms. The molecule has 2 unspecified atom stereocenters. The molecule has 15 heavy (non-hydrogen) atoms. The Morgan fingerprint density at radius 1 is 1.53 bits per heavy atom. The van der Waals surface area contributed by atoms with Gasteiger partial charge in [0.1, 0.15) is 5.01 Å². The molecule has 0 spiro atoms. The van der Waals surface area contributed by atoms with Crippen molar-refractivity contribution in [1.82, 2.24) is 4.98 Å². The van der Waals surface area contributed by atoms with E-state index in [1.165, 1.54) is 6.42 Å². The maximum atomic E-state index is 6.56. The molecule has 0 aliphatic heterocycles. The van der Waals surface area contributed by atoms with Gasteiger partial charge < -0.3 is 5.73 Å². The van der Waals surface area contributed by atoms with Gasteiger partial charge in [-0.05, 0) is 31.1 Å². The monoisotopic (exact) mass is 224 g/mol. The first-order chi connectivity index (χ1) is 6.83. The molecule has 1 heterocycles. The molecule has 2 rings (SSSR count). The summed E-state index contributed by atoms with van der Waals surface area (Å²) >= 11 is 1.71. The van der Waals surface area contributed by atoms with Crippen molar-refractivity contribution in [2.75, 3.05) is 0 Å². The second kappa shape index (κ2) is 3.29. The van der Waals surface area contributed by atoms with E-state index in [1.807, 2.05) is 6.92 Å². The third-order valence-corrected chi connectivity index (χ3v) is 4.68. The number of rotatable bonds is 1. The second-order valence-electron chi connectivity index (χ2n) is 5.78. The van der Waals surface area contributed by atoms with Gasteiger partial charge in [-0.25, -0.2) is 4.98 Å². The van der Waals surface area contributed by atoms with Crippen LogP contribution >= 0.6 is 11.3 Å². The van der Waals surface area contributed by atoms with E-state index in [-0.39, 0.29) is 5.54 Å². The van der Waals surface area contributed by atoms with Crippen LogP contribution in [-0.2, 0) is 5.54 Å². The number of hydrogen-bond acceptors (Lipinski definition) is 3. The van der Waals surface area contributed by atoms with Crippen LogP contribution in [0.4, 0.5) is 0 Å². The minimum Gasteiger partial charge on any atom is -0.319 e. The normalized spacial score (nSPS) is 34.6. The quantitative estimate of drug-likeness (QED) is 0.796. The van der Waals surface area contributed by atoms with Crippen LogP contribution in [-0.4, -0.2) is 4.98 Å². The van der Waals surface area contributed by atoms with Gasteiger partial charge in [-0.15, -0.1) is 11.3 Å². The molecule has 1 aromatic rings. The lowest BCUT2D eigenvalue weighted by molar-refractivity contribution is 0.328. The summed E-state index contributed by atoms with van der Waals surface area (Å²) in [6, 6.07) is 0. The molecule has 2 N–H and O–H groups in total. The average Bonchev–Trinajstić information content (AvgIpc) is 2.56. The number of nitrogens with zero attached hydrogens (tertiary/aromatic N) is 1. The zero-order chi connectivity index (χ0) is 11.3. The first-order valence-corrected chi connectivity index (χ1v) is 6.43. The minimum absolute atomic E-state index is 0.192. The zero-order valence-electron chi connectivity index (χ0n) is 10.0. The first-order valence-electron chi connectivity index (χ1n) is 5.55. The lowest BCUT2D eigenvalue weighted by Gasteiger charge is -2.27. The highest BCUT2D eigenvalue weighted by molar-refractivity contribution is 7.09. The molecule has 3 heteroatoms. The van der Waals surface area contributed by atoms with Gasteiger partial charge >= 0.3 is 0 Å². The van der Waals surface area contributed by atoms with E-state index >= 15 is 0 Å². The van der Waals surface area contributed by atoms with Gasteiger partial charge in [0.05, 0.1) is 5.54 Å². The molecule has 2 atom stereocenters. The topological polar surface area (TPSA) is 38.9 Å². The van der Waals surface area contributed by atoms with E-state index in [9.17, 15) is 0 Å². The van der Waals surface area contributed by atoms with Crippen LogP contribution in [0.5, 0.6) is 0 Å². The predicted octanol–water partition coefficient (Wildman–Crippen LogP) is 3.06. The number of nitrogens with two attached hydrogens (primary N) is 1. The Morgan fingerprint density at radius 3 is 2.60 bits per heavy atom. The number of aryl methyl sites for hydroxylation is 1. The fourth-order valence-corrected chi connectivity index (χ4v) is 3.93. The van der Waals surface area contributed by atoms with Gasteiger partial charge in [0.25, 0.3) is 0 Å². The van der Waals surface area contributed by atoms with Crippen molar-refractivity contribution >= 4 is 11.3 Å². The van der Waals surface area contributed by atoms with Crippen LogP contribution in [0.25, 0.3) is 0 Å². The molecule has 1 aliphatic rings. The minimum atomic E-state index is -0.192. The molecule has 0 aromatic carbocycles. The van der Waals surface area contributed by atoms with Crippen LogP contribution in [0.1, 0.15) is 44.3 Å². The van der Waals surface area contributed by atoms with Crippen LogP contribution in [0, 0.1) is 18.3 Å². The van der Waals surface area contributed by atoms with Crippen molar-refractivity contribution in [2.45, 2.75) is 46.1 Å².